The van der Waals surface area contributed by atoms with Gasteiger partial charge in [-0.05, 0) is 18.2 Å². The molecule has 1 heterocycles. The summed E-state index contributed by atoms with van der Waals surface area (Å²) in [6.07, 6.45) is -2.66. The summed E-state index contributed by atoms with van der Waals surface area (Å²) in [5, 5.41) is 0. The number of carbonyl (C=O) groups is 2. The van der Waals surface area contributed by atoms with Crippen molar-refractivity contribution < 1.29 is 18.4 Å². The van der Waals surface area contributed by atoms with Gasteiger partial charge in [-0.3, -0.25) is 14.5 Å². The number of carbonyl (C=O) groups excluding carboxylic acids is 2. The SMILES string of the molecule is O=C1C(=O)N(CC(F)F)c2ccc(Br)cc21. The topological polar surface area (TPSA) is 37.4 Å². The van der Waals surface area contributed by atoms with Crippen molar-refractivity contribution in [1.29, 1.82) is 0 Å². The van der Waals surface area contributed by atoms with Crippen molar-refractivity contribution in [2.24, 2.45) is 0 Å². The Morgan fingerprint density at radius 2 is 2.00 bits per heavy atom. The van der Waals surface area contributed by atoms with E-state index in [4.69, 9.17) is 0 Å². The van der Waals surface area contributed by atoms with E-state index in [1.54, 1.807) is 6.07 Å². The summed E-state index contributed by atoms with van der Waals surface area (Å²) < 4.78 is 25.1. The number of amides is 1. The molecule has 1 aliphatic rings. The molecule has 0 spiro atoms. The van der Waals surface area contributed by atoms with Crippen LogP contribution < -0.4 is 4.90 Å². The van der Waals surface area contributed by atoms with E-state index in [1.165, 1.54) is 12.1 Å². The summed E-state index contributed by atoms with van der Waals surface area (Å²) in [4.78, 5) is 23.7. The normalized spacial score (nSPS) is 14.9. The Bertz CT molecular complexity index is 476. The highest BCUT2D eigenvalue weighted by atomic mass is 79.9. The van der Waals surface area contributed by atoms with Gasteiger partial charge in [0.05, 0.1) is 17.8 Å². The van der Waals surface area contributed by atoms with Gasteiger partial charge in [-0.1, -0.05) is 15.9 Å². The second kappa shape index (κ2) is 3.93. The molecule has 6 heteroatoms. The summed E-state index contributed by atoms with van der Waals surface area (Å²) in [6.45, 7) is -0.751. The standard InChI is InChI=1S/C10H6BrF2NO2/c11-5-1-2-7-6(3-5)9(15)10(16)14(7)4-8(12)13/h1-3,8H,4H2. The quantitative estimate of drug-likeness (QED) is 0.783. The van der Waals surface area contributed by atoms with Gasteiger partial charge < -0.3 is 0 Å². The fraction of sp³-hybridized carbons (Fsp3) is 0.200. The van der Waals surface area contributed by atoms with E-state index >= 15 is 0 Å². The summed E-state index contributed by atoms with van der Waals surface area (Å²) in [5.41, 5.74) is 0.415. The van der Waals surface area contributed by atoms with Crippen molar-refractivity contribution in [3.8, 4) is 0 Å². The van der Waals surface area contributed by atoms with Gasteiger partial charge in [-0.25, -0.2) is 8.78 Å². The van der Waals surface area contributed by atoms with Gasteiger partial charge in [-0.2, -0.15) is 0 Å². The molecule has 0 fully saturated rings. The molecular formula is C10H6BrF2NO2. The fourth-order valence-electron chi connectivity index (χ4n) is 1.59. The van der Waals surface area contributed by atoms with E-state index in [0.717, 1.165) is 4.90 Å². The van der Waals surface area contributed by atoms with Crippen LogP contribution in [-0.4, -0.2) is 24.7 Å². The summed E-state index contributed by atoms with van der Waals surface area (Å²) in [6, 6.07) is 4.54. The Labute approximate surface area is 98.2 Å². The second-order valence-corrected chi connectivity index (χ2v) is 4.21. The Kier molecular flexibility index (Phi) is 2.75. The Morgan fingerprint density at radius 3 is 2.62 bits per heavy atom. The predicted octanol–water partition coefficient (Wildman–Crippen LogP) is 2.24. The first-order valence-electron chi connectivity index (χ1n) is 4.44. The van der Waals surface area contributed by atoms with E-state index in [9.17, 15) is 18.4 Å². The second-order valence-electron chi connectivity index (χ2n) is 3.30. The highest BCUT2D eigenvalue weighted by Gasteiger charge is 2.36. The minimum atomic E-state index is -2.66. The first kappa shape index (κ1) is 11.2. The Balaban J connectivity index is 2.46. The molecule has 1 amide bonds. The maximum absolute atomic E-state index is 12.2. The number of hydrogen-bond acceptors (Lipinski definition) is 2. The number of ketones is 1. The van der Waals surface area contributed by atoms with Crippen LogP contribution in [0.15, 0.2) is 22.7 Å². The van der Waals surface area contributed by atoms with Gasteiger partial charge in [0.25, 0.3) is 18.1 Å². The van der Waals surface area contributed by atoms with Gasteiger partial charge in [0, 0.05) is 4.47 Å². The molecule has 0 radical (unpaired) electrons. The molecule has 0 bridgehead atoms. The van der Waals surface area contributed by atoms with Crippen molar-refractivity contribution in [2.45, 2.75) is 6.43 Å². The average molecular weight is 290 g/mol. The molecule has 2 rings (SSSR count). The molecule has 0 unspecified atom stereocenters. The first-order valence-corrected chi connectivity index (χ1v) is 5.24. The minimum Gasteiger partial charge on any atom is -0.299 e. The third-order valence-corrected chi connectivity index (χ3v) is 2.75. The number of alkyl halides is 2. The largest absolute Gasteiger partial charge is 0.299 e. The molecule has 3 nitrogen and oxygen atoms in total. The molecule has 0 saturated carbocycles. The van der Waals surface area contributed by atoms with Crippen LogP contribution in [0.5, 0.6) is 0 Å². The molecule has 1 aromatic rings. The van der Waals surface area contributed by atoms with Crippen molar-refractivity contribution in [2.75, 3.05) is 11.4 Å². The number of halogens is 3. The maximum atomic E-state index is 12.2. The molecule has 0 aromatic heterocycles. The molecule has 1 aromatic carbocycles. The molecule has 16 heavy (non-hydrogen) atoms. The van der Waals surface area contributed by atoms with E-state index in [2.05, 4.69) is 15.9 Å². The number of anilines is 1. The van der Waals surface area contributed by atoms with E-state index in [0.29, 0.717) is 4.47 Å². The van der Waals surface area contributed by atoms with Gasteiger partial charge in [0.15, 0.2) is 0 Å². The average Bonchev–Trinajstić information content (AvgIpc) is 2.43. The Hall–Kier alpha value is -1.30. The third kappa shape index (κ3) is 1.73. The van der Waals surface area contributed by atoms with Crippen LogP contribution in [0.1, 0.15) is 10.4 Å². The summed E-state index contributed by atoms with van der Waals surface area (Å²) >= 11 is 3.15. The highest BCUT2D eigenvalue weighted by Crippen LogP contribution is 2.31. The number of hydrogen-bond donors (Lipinski definition) is 0. The van der Waals surface area contributed by atoms with Gasteiger partial charge in [0.1, 0.15) is 0 Å². The zero-order valence-electron chi connectivity index (χ0n) is 7.91. The minimum absolute atomic E-state index is 0.167. The van der Waals surface area contributed by atoms with Crippen molar-refractivity contribution in [3.05, 3.63) is 28.2 Å². The summed E-state index contributed by atoms with van der Waals surface area (Å²) in [7, 11) is 0. The third-order valence-electron chi connectivity index (χ3n) is 2.25. The number of rotatable bonds is 2. The van der Waals surface area contributed by atoms with Crippen LogP contribution in [0, 0.1) is 0 Å². The number of Topliss-reactive ketones (excluding diaryl/α,β-unsaturated/α-hetero) is 1. The number of fused-ring (bicyclic) bond motifs is 1. The van der Waals surface area contributed by atoms with E-state index in [1.807, 2.05) is 0 Å². The lowest BCUT2D eigenvalue weighted by atomic mass is 10.1. The van der Waals surface area contributed by atoms with E-state index in [-0.39, 0.29) is 11.3 Å². The molecule has 84 valence electrons. The van der Waals surface area contributed by atoms with Crippen molar-refractivity contribution in [3.63, 3.8) is 0 Å². The van der Waals surface area contributed by atoms with Gasteiger partial charge in [-0.15, -0.1) is 0 Å². The van der Waals surface area contributed by atoms with Crippen molar-refractivity contribution in [1.82, 2.24) is 0 Å². The highest BCUT2D eigenvalue weighted by molar-refractivity contribution is 9.10. The zero-order valence-corrected chi connectivity index (χ0v) is 9.50. The van der Waals surface area contributed by atoms with Crippen molar-refractivity contribution >= 4 is 33.3 Å². The monoisotopic (exact) mass is 289 g/mol. The zero-order chi connectivity index (χ0) is 11.9. The predicted molar refractivity (Wildman–Crippen MR) is 56.8 cm³/mol. The molecule has 0 saturated heterocycles. The lowest BCUT2D eigenvalue weighted by molar-refractivity contribution is -0.114. The summed E-state index contributed by atoms with van der Waals surface area (Å²) in [5.74, 6) is -1.63. The molecule has 1 aliphatic heterocycles. The Morgan fingerprint density at radius 1 is 1.31 bits per heavy atom. The lowest BCUT2D eigenvalue weighted by Gasteiger charge is -2.15. The van der Waals surface area contributed by atoms with Crippen LogP contribution in [0.25, 0.3) is 0 Å². The maximum Gasteiger partial charge on any atom is 0.299 e. The van der Waals surface area contributed by atoms with E-state index < -0.39 is 24.7 Å². The molecular weight excluding hydrogens is 284 g/mol. The first-order chi connectivity index (χ1) is 7.50. The van der Waals surface area contributed by atoms with Crippen LogP contribution in [-0.2, 0) is 4.79 Å². The van der Waals surface area contributed by atoms with Crippen LogP contribution in [0.2, 0.25) is 0 Å². The van der Waals surface area contributed by atoms with Crippen LogP contribution >= 0.6 is 15.9 Å². The van der Waals surface area contributed by atoms with Crippen LogP contribution in [0.4, 0.5) is 14.5 Å². The molecule has 0 aliphatic carbocycles. The van der Waals surface area contributed by atoms with Crippen LogP contribution in [0.3, 0.4) is 0 Å². The number of nitrogens with zero attached hydrogens (tertiary/aromatic N) is 1. The molecule has 0 atom stereocenters. The van der Waals surface area contributed by atoms with Gasteiger partial charge >= 0.3 is 0 Å². The number of benzene rings is 1. The van der Waals surface area contributed by atoms with Gasteiger partial charge in [0.2, 0.25) is 0 Å². The fourth-order valence-corrected chi connectivity index (χ4v) is 1.95. The lowest BCUT2D eigenvalue weighted by Crippen LogP contribution is -2.33. The smallest absolute Gasteiger partial charge is 0.299 e. The molecule has 0 N–H and O–H groups in total.